The summed E-state index contributed by atoms with van der Waals surface area (Å²) in [6, 6.07) is 29.7. The highest BCUT2D eigenvalue weighted by Gasteiger charge is 2.18. The summed E-state index contributed by atoms with van der Waals surface area (Å²) in [6.45, 7) is 6.47. The number of nitriles is 1. The van der Waals surface area contributed by atoms with Crippen LogP contribution in [0.1, 0.15) is 31.9 Å². The first-order valence-electron chi connectivity index (χ1n) is 11.6. The van der Waals surface area contributed by atoms with Crippen LogP contribution in [0.3, 0.4) is 0 Å². The third-order valence-corrected chi connectivity index (χ3v) is 8.55. The Balaban J connectivity index is 1.69. The molecule has 0 N–H and O–H groups in total. The number of pyridine rings is 1. The van der Waals surface area contributed by atoms with Gasteiger partial charge < -0.3 is 4.74 Å². The molecule has 0 saturated heterocycles. The molecule has 6 heteroatoms. The van der Waals surface area contributed by atoms with Gasteiger partial charge in [0.2, 0.25) is 0 Å². The van der Waals surface area contributed by atoms with Crippen LogP contribution >= 0.6 is 11.8 Å². The van der Waals surface area contributed by atoms with Crippen molar-refractivity contribution in [3.05, 3.63) is 96.1 Å². The number of nitrogens with zero attached hydrogens (tertiary/aromatic N) is 2. The van der Waals surface area contributed by atoms with E-state index in [9.17, 15) is 9.47 Å². The van der Waals surface area contributed by atoms with Crippen molar-refractivity contribution >= 4 is 22.6 Å². The van der Waals surface area contributed by atoms with Gasteiger partial charge in [-0.15, -0.1) is 0 Å². The number of thioether (sulfide) groups is 1. The highest BCUT2D eigenvalue weighted by atomic mass is 32.2. The number of benzene rings is 3. The minimum Gasteiger partial charge on any atom is -0.497 e. The molecule has 0 bridgehead atoms. The lowest BCUT2D eigenvalue weighted by molar-refractivity contribution is 0.415. The number of aromatic nitrogens is 1. The summed E-state index contributed by atoms with van der Waals surface area (Å²) in [5.74, 6) is 0.762. The van der Waals surface area contributed by atoms with Gasteiger partial charge in [-0.3, -0.25) is 4.21 Å². The van der Waals surface area contributed by atoms with Crippen LogP contribution in [-0.2, 0) is 16.2 Å². The molecule has 4 nitrogen and oxygen atoms in total. The Morgan fingerprint density at radius 2 is 1.61 bits per heavy atom. The highest BCUT2D eigenvalue weighted by Crippen LogP contribution is 2.35. The first-order valence-corrected chi connectivity index (χ1v) is 13.9. The topological polar surface area (TPSA) is 63.0 Å². The fourth-order valence-corrected chi connectivity index (χ4v) is 6.09. The first-order chi connectivity index (χ1) is 17.3. The molecule has 1 atom stereocenters. The summed E-state index contributed by atoms with van der Waals surface area (Å²) in [5, 5.41) is 11.0. The second-order valence-corrected chi connectivity index (χ2v) is 12.1. The molecule has 1 heterocycles. The first kappa shape index (κ1) is 25.7. The third kappa shape index (κ3) is 5.87. The van der Waals surface area contributed by atoms with Crippen LogP contribution < -0.4 is 4.74 Å². The number of hydrogen-bond donors (Lipinski definition) is 0. The maximum Gasteiger partial charge on any atom is 0.118 e. The standard InChI is InChI=1S/C30H28N2O2S2/c1-30(2,3)23-12-16-25(17-13-23)36(33)20-35-29-27(19-31)26(21-8-6-5-7-9-21)18-28(32-29)22-10-14-24(34-4)15-11-22/h5-18H,20H2,1-4H3. The molecule has 0 amide bonds. The lowest BCUT2D eigenvalue weighted by Crippen LogP contribution is -2.10. The van der Waals surface area contributed by atoms with Crippen molar-refractivity contribution in [3.63, 3.8) is 0 Å². The summed E-state index contributed by atoms with van der Waals surface area (Å²) in [7, 11) is 0.394. The van der Waals surface area contributed by atoms with Crippen molar-refractivity contribution in [3.8, 4) is 34.2 Å². The summed E-state index contributed by atoms with van der Waals surface area (Å²) in [6.07, 6.45) is 0. The van der Waals surface area contributed by atoms with Crippen molar-refractivity contribution in [1.82, 2.24) is 4.98 Å². The molecule has 36 heavy (non-hydrogen) atoms. The highest BCUT2D eigenvalue weighted by molar-refractivity contribution is 8.10. The zero-order valence-electron chi connectivity index (χ0n) is 20.8. The Morgan fingerprint density at radius 3 is 2.19 bits per heavy atom. The fourth-order valence-electron chi connectivity index (χ4n) is 3.77. The number of hydrogen-bond acceptors (Lipinski definition) is 5. The summed E-state index contributed by atoms with van der Waals surface area (Å²) >= 11 is 1.35. The maximum atomic E-state index is 13.1. The Kier molecular flexibility index (Phi) is 7.93. The molecular formula is C30H28N2O2S2. The molecule has 0 radical (unpaired) electrons. The molecule has 1 unspecified atom stereocenters. The van der Waals surface area contributed by atoms with Gasteiger partial charge in [0.1, 0.15) is 16.8 Å². The Labute approximate surface area is 219 Å². The monoisotopic (exact) mass is 512 g/mol. The van der Waals surface area contributed by atoms with E-state index in [-0.39, 0.29) is 5.41 Å². The average Bonchev–Trinajstić information content (AvgIpc) is 2.91. The van der Waals surface area contributed by atoms with Gasteiger partial charge in [-0.05, 0) is 59.0 Å². The van der Waals surface area contributed by atoms with Crippen LogP contribution in [0, 0.1) is 11.3 Å². The van der Waals surface area contributed by atoms with Gasteiger partial charge in [0, 0.05) is 16.0 Å². The molecule has 0 saturated carbocycles. The summed E-state index contributed by atoms with van der Waals surface area (Å²) < 4.78 is 18.4. The van der Waals surface area contributed by atoms with E-state index in [2.05, 4.69) is 26.8 Å². The minimum absolute atomic E-state index is 0.0378. The molecule has 0 fully saturated rings. The Hall–Kier alpha value is -3.40. The average molecular weight is 513 g/mol. The van der Waals surface area contributed by atoms with E-state index < -0.39 is 10.8 Å². The molecule has 0 aliphatic rings. The Morgan fingerprint density at radius 1 is 0.944 bits per heavy atom. The Bertz CT molecular complexity index is 1400. The smallest absolute Gasteiger partial charge is 0.118 e. The normalized spacial score (nSPS) is 12.1. The van der Waals surface area contributed by atoms with E-state index in [1.807, 2.05) is 84.9 Å². The quantitative estimate of drug-likeness (QED) is 0.241. The lowest BCUT2D eigenvalue weighted by atomic mass is 9.87. The van der Waals surface area contributed by atoms with Crippen LogP contribution in [0.2, 0.25) is 0 Å². The van der Waals surface area contributed by atoms with Crippen LogP contribution in [0.4, 0.5) is 0 Å². The number of ether oxygens (including phenoxy) is 1. The minimum atomic E-state index is -1.24. The predicted molar refractivity (Wildman–Crippen MR) is 149 cm³/mol. The van der Waals surface area contributed by atoms with E-state index in [0.29, 0.717) is 15.7 Å². The summed E-state index contributed by atoms with van der Waals surface area (Å²) in [4.78, 5) is 5.60. The van der Waals surface area contributed by atoms with Gasteiger partial charge in [-0.2, -0.15) is 5.26 Å². The molecule has 0 spiro atoms. The van der Waals surface area contributed by atoms with Crippen molar-refractivity contribution < 1.29 is 8.95 Å². The second-order valence-electron chi connectivity index (χ2n) is 9.32. The van der Waals surface area contributed by atoms with Crippen LogP contribution in [0.25, 0.3) is 22.4 Å². The van der Waals surface area contributed by atoms with Crippen LogP contribution in [-0.4, -0.2) is 21.4 Å². The predicted octanol–water partition coefficient (Wildman–Crippen LogP) is 7.45. The molecule has 1 aromatic heterocycles. The van der Waals surface area contributed by atoms with Gasteiger partial charge in [0.15, 0.2) is 0 Å². The third-order valence-electron chi connectivity index (χ3n) is 5.85. The lowest BCUT2D eigenvalue weighted by Gasteiger charge is -2.19. The summed E-state index contributed by atoms with van der Waals surface area (Å²) in [5.41, 5.74) is 5.13. The van der Waals surface area contributed by atoms with Gasteiger partial charge in [0.25, 0.3) is 0 Å². The number of rotatable bonds is 7. The van der Waals surface area contributed by atoms with Crippen molar-refractivity contribution in [1.29, 1.82) is 5.26 Å². The molecule has 0 aliphatic carbocycles. The molecule has 4 rings (SSSR count). The van der Waals surface area contributed by atoms with E-state index >= 15 is 0 Å². The van der Waals surface area contributed by atoms with E-state index in [1.54, 1.807) is 7.11 Å². The van der Waals surface area contributed by atoms with Gasteiger partial charge in [-0.25, -0.2) is 4.98 Å². The molecule has 3 aromatic carbocycles. The van der Waals surface area contributed by atoms with Crippen LogP contribution in [0.5, 0.6) is 5.75 Å². The van der Waals surface area contributed by atoms with E-state index in [0.717, 1.165) is 33.0 Å². The van der Waals surface area contributed by atoms with Crippen molar-refractivity contribution in [2.45, 2.75) is 36.1 Å². The molecule has 4 aromatic rings. The SMILES string of the molecule is COc1ccc(-c2cc(-c3ccccc3)c(C#N)c(SCS(=O)c3ccc(C(C)(C)C)cc3)n2)cc1. The molecular weight excluding hydrogens is 484 g/mol. The van der Waals surface area contributed by atoms with Crippen molar-refractivity contribution in [2.75, 3.05) is 12.2 Å². The van der Waals surface area contributed by atoms with Gasteiger partial charge in [0.05, 0.1) is 34.3 Å². The second kappa shape index (κ2) is 11.1. The van der Waals surface area contributed by atoms with E-state index in [1.165, 1.54) is 17.3 Å². The van der Waals surface area contributed by atoms with Crippen molar-refractivity contribution in [2.24, 2.45) is 0 Å². The van der Waals surface area contributed by atoms with Gasteiger partial charge >= 0.3 is 0 Å². The molecule has 0 aliphatic heterocycles. The zero-order valence-corrected chi connectivity index (χ0v) is 22.5. The number of methoxy groups -OCH3 is 1. The fraction of sp³-hybridized carbons (Fsp3) is 0.200. The van der Waals surface area contributed by atoms with Gasteiger partial charge in [-0.1, -0.05) is 75.0 Å². The van der Waals surface area contributed by atoms with E-state index in [4.69, 9.17) is 9.72 Å². The maximum absolute atomic E-state index is 13.1. The van der Waals surface area contributed by atoms with Crippen LogP contribution in [0.15, 0.2) is 94.9 Å². The largest absolute Gasteiger partial charge is 0.497 e. The zero-order chi connectivity index (χ0) is 25.7. The molecule has 182 valence electrons.